The second-order valence-electron chi connectivity index (χ2n) is 5.13. The summed E-state index contributed by atoms with van der Waals surface area (Å²) in [5.74, 6) is 0.413. The lowest BCUT2D eigenvalue weighted by molar-refractivity contribution is 0.0982. The van der Waals surface area contributed by atoms with E-state index in [0.717, 1.165) is 12.8 Å². The van der Waals surface area contributed by atoms with Crippen molar-refractivity contribution in [3.63, 3.8) is 0 Å². The van der Waals surface area contributed by atoms with Gasteiger partial charge in [0, 0.05) is 24.7 Å². The second kappa shape index (κ2) is 7.40. The molecule has 0 aromatic heterocycles. The third-order valence-electron chi connectivity index (χ3n) is 3.60. The largest absolute Gasteiger partial charge is 0.377 e. The molecule has 1 heterocycles. The van der Waals surface area contributed by atoms with Crippen molar-refractivity contribution < 1.29 is 13.2 Å². The quantitative estimate of drug-likeness (QED) is 0.595. The molecule has 0 aliphatic carbocycles. The topological polar surface area (TPSA) is 46.6 Å². The molecule has 1 fully saturated rings. The predicted octanol–water partition coefficient (Wildman–Crippen LogP) is 2.94. The lowest BCUT2D eigenvalue weighted by Crippen LogP contribution is -2.39. The smallest absolute Gasteiger partial charge is 0.243 e. The lowest BCUT2D eigenvalue weighted by atomic mass is 9.99. The number of sulfonamides is 1. The van der Waals surface area contributed by atoms with Gasteiger partial charge in [-0.2, -0.15) is 4.31 Å². The highest BCUT2D eigenvalue weighted by Gasteiger charge is 2.29. The molecule has 0 bridgehead atoms. The summed E-state index contributed by atoms with van der Waals surface area (Å²) in [6, 6.07) is 6.41. The minimum Gasteiger partial charge on any atom is -0.377 e. The number of rotatable bonds is 6. The molecule has 0 atom stereocenters. The molecule has 0 radical (unpaired) electrons. The summed E-state index contributed by atoms with van der Waals surface area (Å²) < 4.78 is 32.0. The standard InChI is InChI=1S/C15H20ClNO3S/c1-2-10-20-12-13-6-8-17(9-7-13)21(18,19)15-5-3-4-14(16)11-15/h2-5,11,13H,1,6-10,12H2. The molecular formula is C15H20ClNO3S. The van der Waals surface area contributed by atoms with Gasteiger partial charge < -0.3 is 4.74 Å². The Hall–Kier alpha value is -0.880. The molecule has 1 aliphatic rings. The van der Waals surface area contributed by atoms with Crippen molar-refractivity contribution in [1.82, 2.24) is 4.31 Å². The van der Waals surface area contributed by atoms with Crippen LogP contribution < -0.4 is 0 Å². The molecule has 21 heavy (non-hydrogen) atoms. The third-order valence-corrected chi connectivity index (χ3v) is 5.73. The summed E-state index contributed by atoms with van der Waals surface area (Å²) in [7, 11) is -3.44. The monoisotopic (exact) mass is 329 g/mol. The second-order valence-corrected chi connectivity index (χ2v) is 7.51. The van der Waals surface area contributed by atoms with Crippen LogP contribution >= 0.6 is 11.6 Å². The van der Waals surface area contributed by atoms with Crippen LogP contribution in [0.4, 0.5) is 0 Å². The van der Waals surface area contributed by atoms with Crippen LogP contribution in [0.5, 0.6) is 0 Å². The van der Waals surface area contributed by atoms with Gasteiger partial charge in [-0.3, -0.25) is 0 Å². The van der Waals surface area contributed by atoms with Crippen LogP contribution in [0, 0.1) is 5.92 Å². The molecule has 116 valence electrons. The number of ether oxygens (including phenoxy) is 1. The Bertz CT molecular complexity index is 580. The average Bonchev–Trinajstić information content (AvgIpc) is 2.48. The molecule has 2 rings (SSSR count). The van der Waals surface area contributed by atoms with Crippen LogP contribution in [0.15, 0.2) is 41.8 Å². The minimum atomic E-state index is -3.44. The number of piperidine rings is 1. The average molecular weight is 330 g/mol. The first kappa shape index (κ1) is 16.5. The van der Waals surface area contributed by atoms with Gasteiger partial charge in [0.2, 0.25) is 10.0 Å². The van der Waals surface area contributed by atoms with Crippen molar-refractivity contribution in [2.24, 2.45) is 5.92 Å². The van der Waals surface area contributed by atoms with Crippen molar-refractivity contribution in [2.45, 2.75) is 17.7 Å². The van der Waals surface area contributed by atoms with Crippen molar-refractivity contribution in [3.05, 3.63) is 41.9 Å². The normalized spacial score (nSPS) is 17.8. The SMILES string of the molecule is C=CCOCC1CCN(S(=O)(=O)c2cccc(Cl)c2)CC1. The van der Waals surface area contributed by atoms with Crippen molar-refractivity contribution in [2.75, 3.05) is 26.3 Å². The van der Waals surface area contributed by atoms with E-state index in [0.29, 0.717) is 37.2 Å². The van der Waals surface area contributed by atoms with Crippen LogP contribution in [0.25, 0.3) is 0 Å². The molecule has 1 saturated heterocycles. The van der Waals surface area contributed by atoms with Crippen LogP contribution in [0.2, 0.25) is 5.02 Å². The predicted molar refractivity (Wildman–Crippen MR) is 84.0 cm³/mol. The van der Waals surface area contributed by atoms with Crippen molar-refractivity contribution >= 4 is 21.6 Å². The van der Waals surface area contributed by atoms with E-state index in [1.54, 1.807) is 24.3 Å². The van der Waals surface area contributed by atoms with Gasteiger partial charge in [-0.1, -0.05) is 23.7 Å². The fourth-order valence-corrected chi connectivity index (χ4v) is 4.18. The van der Waals surface area contributed by atoms with Crippen molar-refractivity contribution in [3.8, 4) is 0 Å². The van der Waals surface area contributed by atoms with Crippen LogP contribution in [-0.2, 0) is 14.8 Å². The molecular weight excluding hydrogens is 310 g/mol. The summed E-state index contributed by atoms with van der Waals surface area (Å²) in [5.41, 5.74) is 0. The molecule has 0 amide bonds. The number of hydrogen-bond acceptors (Lipinski definition) is 3. The van der Waals surface area contributed by atoms with E-state index >= 15 is 0 Å². The highest BCUT2D eigenvalue weighted by atomic mass is 35.5. The third kappa shape index (κ3) is 4.30. The van der Waals surface area contributed by atoms with Gasteiger partial charge in [-0.05, 0) is 37.0 Å². The highest BCUT2D eigenvalue weighted by Crippen LogP contribution is 2.25. The number of benzene rings is 1. The number of hydrogen-bond donors (Lipinski definition) is 0. The van der Waals surface area contributed by atoms with Crippen LogP contribution in [0.1, 0.15) is 12.8 Å². The molecule has 0 spiro atoms. The maximum atomic E-state index is 12.5. The van der Waals surface area contributed by atoms with Crippen LogP contribution in [-0.4, -0.2) is 39.0 Å². The van der Waals surface area contributed by atoms with Gasteiger partial charge in [-0.15, -0.1) is 6.58 Å². The van der Waals surface area contributed by atoms with Gasteiger partial charge in [0.15, 0.2) is 0 Å². The molecule has 4 nitrogen and oxygen atoms in total. The minimum absolute atomic E-state index is 0.261. The summed E-state index contributed by atoms with van der Waals surface area (Å²) >= 11 is 5.88. The summed E-state index contributed by atoms with van der Waals surface area (Å²) in [4.78, 5) is 0.261. The zero-order valence-corrected chi connectivity index (χ0v) is 13.4. The molecule has 1 aliphatic heterocycles. The van der Waals surface area contributed by atoms with Gasteiger partial charge in [0.1, 0.15) is 0 Å². The van der Waals surface area contributed by atoms with E-state index in [4.69, 9.17) is 16.3 Å². The van der Waals surface area contributed by atoms with Crippen LogP contribution in [0.3, 0.4) is 0 Å². The molecule has 6 heteroatoms. The van der Waals surface area contributed by atoms with Gasteiger partial charge >= 0.3 is 0 Å². The number of nitrogens with zero attached hydrogens (tertiary/aromatic N) is 1. The van der Waals surface area contributed by atoms with Crippen molar-refractivity contribution in [1.29, 1.82) is 0 Å². The Labute approximate surface area is 131 Å². The van der Waals surface area contributed by atoms with E-state index in [-0.39, 0.29) is 4.90 Å². The van der Waals surface area contributed by atoms with E-state index in [2.05, 4.69) is 6.58 Å². The maximum Gasteiger partial charge on any atom is 0.243 e. The molecule has 1 aromatic carbocycles. The summed E-state index contributed by atoms with van der Waals surface area (Å²) in [6.07, 6.45) is 3.35. The van der Waals surface area contributed by atoms with Gasteiger partial charge in [0.05, 0.1) is 11.5 Å². The van der Waals surface area contributed by atoms with Gasteiger partial charge in [0.25, 0.3) is 0 Å². The Kier molecular flexibility index (Phi) is 5.81. The Morgan fingerprint density at radius 3 is 2.71 bits per heavy atom. The Morgan fingerprint density at radius 1 is 1.38 bits per heavy atom. The summed E-state index contributed by atoms with van der Waals surface area (Å²) in [6.45, 7) is 5.86. The fourth-order valence-electron chi connectivity index (χ4n) is 2.41. The molecule has 1 aromatic rings. The van der Waals surface area contributed by atoms with E-state index < -0.39 is 10.0 Å². The lowest BCUT2D eigenvalue weighted by Gasteiger charge is -2.31. The maximum absolute atomic E-state index is 12.5. The van der Waals surface area contributed by atoms with E-state index in [1.165, 1.54) is 10.4 Å². The zero-order valence-electron chi connectivity index (χ0n) is 11.9. The first-order chi connectivity index (χ1) is 10.0. The van der Waals surface area contributed by atoms with E-state index in [9.17, 15) is 8.42 Å². The zero-order chi connectivity index (χ0) is 15.3. The van der Waals surface area contributed by atoms with E-state index in [1.807, 2.05) is 0 Å². The number of halogens is 1. The van der Waals surface area contributed by atoms with Gasteiger partial charge in [-0.25, -0.2) is 8.42 Å². The molecule has 0 saturated carbocycles. The fraction of sp³-hybridized carbons (Fsp3) is 0.467. The molecule has 0 N–H and O–H groups in total. The Morgan fingerprint density at radius 2 is 2.10 bits per heavy atom. The summed E-state index contributed by atoms with van der Waals surface area (Å²) in [5, 5.41) is 0.434. The first-order valence-electron chi connectivity index (χ1n) is 6.98. The highest BCUT2D eigenvalue weighted by molar-refractivity contribution is 7.89. The molecule has 0 unspecified atom stereocenters. The Balaban J connectivity index is 1.96. The first-order valence-corrected chi connectivity index (χ1v) is 8.80.